The lowest BCUT2D eigenvalue weighted by atomic mass is 9.93. The molecular formula is C61H64FNO15. The van der Waals surface area contributed by atoms with Crippen LogP contribution < -0.4 is 0 Å². The maximum absolute atomic E-state index is 17.6. The highest BCUT2D eigenvalue weighted by molar-refractivity contribution is 6.21. The summed E-state index contributed by atoms with van der Waals surface area (Å²) in [6.45, 7) is 1.74. The lowest BCUT2D eigenvalue weighted by molar-refractivity contribution is -0.376. The second-order valence-electron chi connectivity index (χ2n) is 19.8. The number of rotatable bonds is 22. The van der Waals surface area contributed by atoms with Crippen molar-refractivity contribution in [3.63, 3.8) is 0 Å². The van der Waals surface area contributed by atoms with E-state index in [9.17, 15) is 24.9 Å². The van der Waals surface area contributed by atoms with Crippen LogP contribution in [0.1, 0.15) is 55.5 Å². The van der Waals surface area contributed by atoms with Crippen LogP contribution in [-0.2, 0) is 80.4 Å². The smallest absolute Gasteiger partial charge is 0.262 e. The molecular weight excluding hydrogens is 1010 g/mol. The molecule has 0 unspecified atom stereocenters. The standard InChI is InChI=1S/C61H64FNO15/c1-38-52(71-33-41-23-11-4-12-24-41)55(72-34-42-25-13-5-14-26-42)56(73-35-43-27-15-6-16-28-43)61(74-38)77-53-47(37-70-32-40-21-9-3-10-22-40)75-57(62)48(63-58(67)44-29-17-18-30-45(44)59(63)68)54(53)78-60-51(66)50(65)49(64)46(76-60)36-69-31-39-19-7-2-8-20-39/h2-30,38,46-57,60-61,64-66H,31-37H2,1H3/t38-,46+,47+,48+,49-,50-,51+,52+,53+,54+,55+,56-,57+,60-,61-/m0/s1. The zero-order valence-electron chi connectivity index (χ0n) is 42.9. The molecule has 0 aliphatic carbocycles. The predicted octanol–water partition coefficient (Wildman–Crippen LogP) is 6.86. The summed E-state index contributed by atoms with van der Waals surface area (Å²) in [6.07, 6.45) is -20.9. The highest BCUT2D eigenvalue weighted by Crippen LogP contribution is 2.40. The van der Waals surface area contributed by atoms with Gasteiger partial charge >= 0.3 is 0 Å². The summed E-state index contributed by atoms with van der Waals surface area (Å²) < 4.78 is 83.5. The third kappa shape index (κ3) is 13.0. The average molecular weight is 1070 g/mol. The van der Waals surface area contributed by atoms with E-state index >= 15 is 4.39 Å². The summed E-state index contributed by atoms with van der Waals surface area (Å²) in [4.78, 5) is 29.7. The van der Waals surface area contributed by atoms with Gasteiger partial charge in [-0.15, -0.1) is 0 Å². The van der Waals surface area contributed by atoms with Crippen LogP contribution in [0.15, 0.2) is 176 Å². The molecule has 4 heterocycles. The van der Waals surface area contributed by atoms with Crippen molar-refractivity contribution in [1.82, 2.24) is 4.90 Å². The summed E-state index contributed by atoms with van der Waals surface area (Å²) in [7, 11) is 0. The Balaban J connectivity index is 1.04. The molecule has 3 N–H and O–H groups in total. The average Bonchev–Trinajstić information content (AvgIpc) is 3.93. The molecule has 16 nitrogen and oxygen atoms in total. The molecule has 0 radical (unpaired) electrons. The van der Waals surface area contributed by atoms with E-state index in [4.69, 9.17) is 47.4 Å². The number of ether oxygens (including phenoxy) is 10. The number of nitrogens with zero attached hydrogens (tertiary/aromatic N) is 1. The molecule has 0 bridgehead atoms. The largest absolute Gasteiger partial charge is 0.387 e. The van der Waals surface area contributed by atoms with Crippen molar-refractivity contribution >= 4 is 11.8 Å². The van der Waals surface area contributed by atoms with Crippen molar-refractivity contribution in [2.75, 3.05) is 13.2 Å². The van der Waals surface area contributed by atoms with Gasteiger partial charge in [-0.25, -0.2) is 4.39 Å². The van der Waals surface area contributed by atoms with Crippen LogP contribution in [0.25, 0.3) is 0 Å². The number of imide groups is 1. The van der Waals surface area contributed by atoms with Crippen LogP contribution in [0, 0.1) is 0 Å². The fourth-order valence-electron chi connectivity index (χ4n) is 10.3. The molecule has 4 aliphatic heterocycles. The number of hydrogen-bond acceptors (Lipinski definition) is 15. The summed E-state index contributed by atoms with van der Waals surface area (Å²) in [6, 6.07) is 51.4. The first-order valence-electron chi connectivity index (χ1n) is 26.2. The number of fused-ring (bicyclic) bond motifs is 1. The van der Waals surface area contributed by atoms with Crippen LogP contribution >= 0.6 is 0 Å². The van der Waals surface area contributed by atoms with E-state index in [1.165, 1.54) is 12.1 Å². The second-order valence-corrected chi connectivity index (χ2v) is 19.8. The molecule has 6 aromatic rings. The molecule has 3 fully saturated rings. The van der Waals surface area contributed by atoms with Gasteiger partial charge in [0.25, 0.3) is 11.8 Å². The van der Waals surface area contributed by atoms with E-state index in [1.807, 2.05) is 159 Å². The number of aliphatic hydroxyl groups is 3. The topological polar surface area (TPSA) is 190 Å². The number of benzene rings is 6. The molecule has 2 amide bonds. The van der Waals surface area contributed by atoms with E-state index < -0.39 is 104 Å². The van der Waals surface area contributed by atoms with Crippen molar-refractivity contribution in [2.45, 2.75) is 132 Å². The van der Waals surface area contributed by atoms with Crippen LogP contribution in [0.2, 0.25) is 0 Å². The third-order valence-electron chi connectivity index (χ3n) is 14.3. The summed E-state index contributed by atoms with van der Waals surface area (Å²) >= 11 is 0. The number of carbonyl (C=O) groups excluding carboxylic acids is 2. The molecule has 0 saturated carbocycles. The molecule has 17 heteroatoms. The number of carbonyl (C=O) groups is 2. The minimum Gasteiger partial charge on any atom is -0.387 e. The predicted molar refractivity (Wildman–Crippen MR) is 279 cm³/mol. The van der Waals surface area contributed by atoms with Crippen LogP contribution in [0.5, 0.6) is 0 Å². The first kappa shape index (κ1) is 55.2. The van der Waals surface area contributed by atoms with Crippen molar-refractivity contribution in [1.29, 1.82) is 0 Å². The molecule has 15 atom stereocenters. The van der Waals surface area contributed by atoms with Crippen molar-refractivity contribution < 1.29 is 76.7 Å². The zero-order chi connectivity index (χ0) is 54.0. The Bertz CT molecular complexity index is 2790. The summed E-state index contributed by atoms with van der Waals surface area (Å²) in [5.41, 5.74) is 4.22. The van der Waals surface area contributed by atoms with Crippen LogP contribution in [0.3, 0.4) is 0 Å². The van der Waals surface area contributed by atoms with Crippen LogP contribution in [-0.4, -0.2) is 137 Å². The van der Waals surface area contributed by atoms with Gasteiger partial charge in [0, 0.05) is 0 Å². The molecule has 3 saturated heterocycles. The Labute approximate surface area is 452 Å². The quantitative estimate of drug-likeness (QED) is 0.0598. The van der Waals surface area contributed by atoms with Gasteiger partial charge < -0.3 is 62.7 Å². The molecule has 6 aromatic carbocycles. The third-order valence-corrected chi connectivity index (χ3v) is 14.3. The van der Waals surface area contributed by atoms with Gasteiger partial charge in [0.2, 0.25) is 6.36 Å². The molecule has 4 aliphatic rings. The van der Waals surface area contributed by atoms with Gasteiger partial charge in [-0.2, -0.15) is 0 Å². The van der Waals surface area contributed by atoms with E-state index in [0.717, 1.165) is 32.7 Å². The first-order chi connectivity index (χ1) is 38.1. The number of amides is 2. The number of alkyl halides is 1. The van der Waals surface area contributed by atoms with Crippen molar-refractivity contribution in [3.8, 4) is 0 Å². The number of hydrogen-bond donors (Lipinski definition) is 3. The van der Waals surface area contributed by atoms with Crippen molar-refractivity contribution in [3.05, 3.63) is 215 Å². The molecule has 10 rings (SSSR count). The second kappa shape index (κ2) is 26.2. The van der Waals surface area contributed by atoms with Gasteiger partial charge in [-0.3, -0.25) is 14.5 Å². The highest BCUT2D eigenvalue weighted by atomic mass is 19.1. The normalized spacial score (nSPS) is 30.1. The van der Waals surface area contributed by atoms with E-state index in [1.54, 1.807) is 12.1 Å². The fourth-order valence-corrected chi connectivity index (χ4v) is 10.3. The zero-order valence-corrected chi connectivity index (χ0v) is 42.9. The molecule has 410 valence electrons. The van der Waals surface area contributed by atoms with E-state index in [-0.39, 0.29) is 57.4 Å². The molecule has 0 aromatic heterocycles. The Morgan fingerprint density at radius 1 is 0.436 bits per heavy atom. The van der Waals surface area contributed by atoms with Gasteiger partial charge in [-0.1, -0.05) is 164 Å². The number of aliphatic hydroxyl groups excluding tert-OH is 3. The van der Waals surface area contributed by atoms with Crippen molar-refractivity contribution in [2.24, 2.45) is 0 Å². The summed E-state index contributed by atoms with van der Waals surface area (Å²) in [5.74, 6) is -1.68. The number of halogens is 1. The Hall–Kier alpha value is -6.13. The Kier molecular flexibility index (Phi) is 18.6. The van der Waals surface area contributed by atoms with Gasteiger partial charge in [0.05, 0.1) is 63.5 Å². The summed E-state index contributed by atoms with van der Waals surface area (Å²) in [5, 5.41) is 34.5. The van der Waals surface area contributed by atoms with E-state index in [0.29, 0.717) is 0 Å². The minimum atomic E-state index is -2.46. The van der Waals surface area contributed by atoms with Gasteiger partial charge in [-0.05, 0) is 46.9 Å². The Morgan fingerprint density at radius 3 is 1.33 bits per heavy atom. The maximum Gasteiger partial charge on any atom is 0.262 e. The first-order valence-corrected chi connectivity index (χ1v) is 26.2. The van der Waals surface area contributed by atoms with Crippen LogP contribution in [0.4, 0.5) is 4.39 Å². The SMILES string of the molecule is C[C@@H]1O[C@@H](O[C@H]2[C@H](O[C@@H]3O[C@H](COCc4ccccc4)[C@H](O)[C@H](O)[C@H]3O)[C@@H](N3C(=O)c4ccccc4C3=O)[C@H](F)O[C@@H]2COCc2ccccc2)[C@@H](OCc2ccccc2)[C@H](OCc2ccccc2)[C@@H]1OCc1ccccc1. The molecule has 0 spiro atoms. The monoisotopic (exact) mass is 1070 g/mol. The maximum atomic E-state index is 17.6. The highest BCUT2D eigenvalue weighted by Gasteiger charge is 2.59. The molecule has 78 heavy (non-hydrogen) atoms. The van der Waals surface area contributed by atoms with Gasteiger partial charge in [0.1, 0.15) is 67.1 Å². The fraction of sp³-hybridized carbons (Fsp3) is 0.377. The lowest BCUT2D eigenvalue weighted by Crippen LogP contribution is -2.69. The Morgan fingerprint density at radius 2 is 0.846 bits per heavy atom. The lowest BCUT2D eigenvalue weighted by Gasteiger charge is -2.51. The van der Waals surface area contributed by atoms with Gasteiger partial charge in [0.15, 0.2) is 12.6 Å². The minimum absolute atomic E-state index is 0.0149. The van der Waals surface area contributed by atoms with E-state index in [2.05, 4.69) is 0 Å².